The van der Waals surface area contributed by atoms with Crippen LogP contribution in [0.15, 0.2) is 59.5 Å². The average molecular weight is 318 g/mol. The second-order valence-electron chi connectivity index (χ2n) is 4.28. The van der Waals surface area contributed by atoms with Crippen LogP contribution >= 0.6 is 11.5 Å². The second-order valence-corrected chi connectivity index (χ2v) is 6.76. The third-order valence-corrected chi connectivity index (χ3v) is 5.05. The molecule has 0 fully saturated rings. The van der Waals surface area contributed by atoms with Gasteiger partial charge in [-0.1, -0.05) is 36.4 Å². The van der Waals surface area contributed by atoms with Crippen molar-refractivity contribution in [1.82, 2.24) is 9.10 Å². The molecule has 1 N–H and O–H groups in total. The standard InChI is InChI=1S/C14H10N2O3S2/c17-14(13-11-8-4-5-9-12(11)20-15-13)16-21(18,19)10-6-2-1-3-7-10/h1-9H,(H,16,17). The van der Waals surface area contributed by atoms with Crippen LogP contribution in [0.2, 0.25) is 0 Å². The first kappa shape index (κ1) is 13.7. The Bertz CT molecular complexity index is 902. The molecule has 0 unspecified atom stereocenters. The van der Waals surface area contributed by atoms with Crippen molar-refractivity contribution in [2.45, 2.75) is 4.90 Å². The zero-order valence-corrected chi connectivity index (χ0v) is 12.3. The maximum absolute atomic E-state index is 12.2. The molecule has 1 aromatic heterocycles. The number of hydrogen-bond acceptors (Lipinski definition) is 5. The summed E-state index contributed by atoms with van der Waals surface area (Å²) in [4.78, 5) is 12.2. The van der Waals surface area contributed by atoms with E-state index in [4.69, 9.17) is 0 Å². The van der Waals surface area contributed by atoms with Crippen LogP contribution in [0.3, 0.4) is 0 Å². The van der Waals surface area contributed by atoms with E-state index in [1.807, 2.05) is 16.9 Å². The molecule has 0 atom stereocenters. The predicted octanol–water partition coefficient (Wildman–Crippen LogP) is 2.42. The van der Waals surface area contributed by atoms with E-state index in [2.05, 4.69) is 4.37 Å². The number of hydrogen-bond donors (Lipinski definition) is 1. The lowest BCUT2D eigenvalue weighted by Gasteiger charge is -2.05. The van der Waals surface area contributed by atoms with Crippen molar-refractivity contribution >= 4 is 37.5 Å². The SMILES string of the molecule is O=C(NS(=O)(=O)c1ccccc1)c1nsc2ccccc12. The molecular formula is C14H10N2O3S2. The molecule has 0 spiro atoms. The highest BCUT2D eigenvalue weighted by Gasteiger charge is 2.21. The van der Waals surface area contributed by atoms with Gasteiger partial charge in [0.25, 0.3) is 15.9 Å². The lowest BCUT2D eigenvalue weighted by atomic mass is 10.2. The van der Waals surface area contributed by atoms with Gasteiger partial charge in [-0.25, -0.2) is 13.1 Å². The molecule has 0 bridgehead atoms. The van der Waals surface area contributed by atoms with Crippen LogP contribution in [0.1, 0.15) is 10.5 Å². The van der Waals surface area contributed by atoms with Gasteiger partial charge in [-0.05, 0) is 29.7 Å². The number of rotatable bonds is 3. The topological polar surface area (TPSA) is 76.1 Å². The molecule has 0 saturated carbocycles. The number of carbonyl (C=O) groups is 1. The van der Waals surface area contributed by atoms with E-state index in [1.165, 1.54) is 12.1 Å². The minimum Gasteiger partial charge on any atom is -0.266 e. The van der Waals surface area contributed by atoms with Crippen LogP contribution in [0, 0.1) is 0 Å². The van der Waals surface area contributed by atoms with Crippen LogP contribution in [0.4, 0.5) is 0 Å². The summed E-state index contributed by atoms with van der Waals surface area (Å²) >= 11 is 1.16. The van der Waals surface area contributed by atoms with Crippen molar-refractivity contribution < 1.29 is 13.2 Å². The normalized spacial score (nSPS) is 11.4. The smallest absolute Gasteiger partial charge is 0.266 e. The van der Waals surface area contributed by atoms with Gasteiger partial charge in [-0.3, -0.25) is 4.79 Å². The Morgan fingerprint density at radius 3 is 2.43 bits per heavy atom. The summed E-state index contributed by atoms with van der Waals surface area (Å²) in [5, 5.41) is 0.642. The Kier molecular flexibility index (Phi) is 3.44. The van der Waals surface area contributed by atoms with Gasteiger partial charge < -0.3 is 0 Å². The fraction of sp³-hybridized carbons (Fsp3) is 0. The van der Waals surface area contributed by atoms with Gasteiger partial charge in [-0.2, -0.15) is 4.37 Å². The van der Waals surface area contributed by atoms with E-state index < -0.39 is 15.9 Å². The van der Waals surface area contributed by atoms with Crippen molar-refractivity contribution in [3.8, 4) is 0 Å². The lowest BCUT2D eigenvalue weighted by Crippen LogP contribution is -2.30. The summed E-state index contributed by atoms with van der Waals surface area (Å²) in [6, 6.07) is 14.9. The summed E-state index contributed by atoms with van der Waals surface area (Å²) in [6.07, 6.45) is 0. The Labute approximate surface area is 125 Å². The van der Waals surface area contributed by atoms with Gasteiger partial charge in [0.15, 0.2) is 5.69 Å². The summed E-state index contributed by atoms with van der Waals surface area (Å²) in [5.41, 5.74) is 0.120. The molecule has 0 saturated heterocycles. The summed E-state index contributed by atoms with van der Waals surface area (Å²) in [7, 11) is -3.89. The lowest BCUT2D eigenvalue weighted by molar-refractivity contribution is 0.0979. The van der Waals surface area contributed by atoms with Gasteiger partial charge in [0.1, 0.15) is 0 Å². The highest BCUT2D eigenvalue weighted by molar-refractivity contribution is 7.90. The highest BCUT2D eigenvalue weighted by atomic mass is 32.2. The Morgan fingerprint density at radius 1 is 1.00 bits per heavy atom. The van der Waals surface area contributed by atoms with Gasteiger partial charge in [-0.15, -0.1) is 0 Å². The zero-order valence-electron chi connectivity index (χ0n) is 10.7. The van der Waals surface area contributed by atoms with Gasteiger partial charge in [0, 0.05) is 5.39 Å². The second kappa shape index (κ2) is 5.27. The number of nitrogens with one attached hydrogen (secondary N) is 1. The van der Waals surface area contributed by atoms with Crippen molar-refractivity contribution in [1.29, 1.82) is 0 Å². The molecule has 21 heavy (non-hydrogen) atoms. The number of amides is 1. The van der Waals surface area contributed by atoms with Crippen molar-refractivity contribution in [3.05, 3.63) is 60.3 Å². The van der Waals surface area contributed by atoms with E-state index >= 15 is 0 Å². The van der Waals surface area contributed by atoms with Crippen LogP contribution in [-0.2, 0) is 10.0 Å². The molecular weight excluding hydrogens is 308 g/mol. The predicted molar refractivity (Wildman–Crippen MR) is 80.7 cm³/mol. The van der Waals surface area contributed by atoms with Gasteiger partial charge in [0.2, 0.25) is 0 Å². The minimum absolute atomic E-state index is 0.0397. The van der Waals surface area contributed by atoms with Crippen molar-refractivity contribution in [2.24, 2.45) is 0 Å². The maximum atomic E-state index is 12.2. The van der Waals surface area contributed by atoms with Crippen LogP contribution < -0.4 is 4.72 Å². The third kappa shape index (κ3) is 2.65. The summed E-state index contributed by atoms with van der Waals surface area (Å²) in [6.45, 7) is 0. The quantitative estimate of drug-likeness (QED) is 0.804. The number of aromatic nitrogens is 1. The first-order chi connectivity index (χ1) is 10.1. The van der Waals surface area contributed by atoms with E-state index in [0.717, 1.165) is 16.2 Å². The number of fused-ring (bicyclic) bond motifs is 1. The molecule has 106 valence electrons. The molecule has 0 radical (unpaired) electrons. The molecule has 3 aromatic rings. The number of sulfonamides is 1. The van der Waals surface area contributed by atoms with E-state index in [1.54, 1.807) is 30.3 Å². The number of nitrogens with zero attached hydrogens (tertiary/aromatic N) is 1. The molecule has 2 aromatic carbocycles. The molecule has 5 nitrogen and oxygen atoms in total. The number of carbonyl (C=O) groups excluding carboxylic acids is 1. The Balaban J connectivity index is 1.94. The third-order valence-electron chi connectivity index (χ3n) is 2.87. The molecule has 0 aliphatic heterocycles. The first-order valence-electron chi connectivity index (χ1n) is 6.04. The molecule has 1 amide bonds. The summed E-state index contributed by atoms with van der Waals surface area (Å²) < 4.78 is 31.2. The largest absolute Gasteiger partial charge is 0.285 e. The van der Waals surface area contributed by atoms with E-state index in [9.17, 15) is 13.2 Å². The van der Waals surface area contributed by atoms with Gasteiger partial charge in [0.05, 0.1) is 9.60 Å². The molecule has 0 aliphatic rings. The zero-order chi connectivity index (χ0) is 14.9. The first-order valence-corrected chi connectivity index (χ1v) is 8.30. The Morgan fingerprint density at radius 2 is 1.67 bits per heavy atom. The minimum atomic E-state index is -3.89. The average Bonchev–Trinajstić information content (AvgIpc) is 2.92. The fourth-order valence-corrected chi connectivity index (χ4v) is 3.63. The summed E-state index contributed by atoms with van der Waals surface area (Å²) in [5.74, 6) is -0.726. The molecule has 1 heterocycles. The monoisotopic (exact) mass is 318 g/mol. The fourth-order valence-electron chi connectivity index (χ4n) is 1.88. The van der Waals surface area contributed by atoms with Crippen molar-refractivity contribution in [2.75, 3.05) is 0 Å². The van der Waals surface area contributed by atoms with Crippen LogP contribution in [0.25, 0.3) is 10.1 Å². The molecule has 0 aliphatic carbocycles. The van der Waals surface area contributed by atoms with E-state index in [0.29, 0.717) is 5.39 Å². The number of benzene rings is 2. The Hall–Kier alpha value is -2.25. The van der Waals surface area contributed by atoms with Crippen LogP contribution in [-0.4, -0.2) is 18.7 Å². The van der Waals surface area contributed by atoms with Crippen LogP contribution in [0.5, 0.6) is 0 Å². The maximum Gasteiger partial charge on any atom is 0.285 e. The van der Waals surface area contributed by atoms with Gasteiger partial charge >= 0.3 is 0 Å². The van der Waals surface area contributed by atoms with Crippen molar-refractivity contribution in [3.63, 3.8) is 0 Å². The highest BCUT2D eigenvalue weighted by Crippen LogP contribution is 2.22. The van der Waals surface area contributed by atoms with E-state index in [-0.39, 0.29) is 10.6 Å². The molecule has 3 rings (SSSR count). The molecule has 7 heteroatoms.